The van der Waals surface area contributed by atoms with Crippen LogP contribution in [0.4, 0.5) is 13.2 Å². The third-order valence-corrected chi connectivity index (χ3v) is 7.66. The number of hydrogen-bond donors (Lipinski definition) is 1. The summed E-state index contributed by atoms with van der Waals surface area (Å²) in [4.78, 5) is 26.6. The predicted molar refractivity (Wildman–Crippen MR) is 133 cm³/mol. The lowest BCUT2D eigenvalue weighted by atomic mass is 9.82. The van der Waals surface area contributed by atoms with Crippen LogP contribution in [0.1, 0.15) is 55.2 Å². The molecular weight excluding hydrogens is 483 g/mol. The Bertz CT molecular complexity index is 1040. The van der Waals surface area contributed by atoms with Crippen molar-refractivity contribution < 1.29 is 32.6 Å². The van der Waals surface area contributed by atoms with Crippen LogP contribution in [0.2, 0.25) is 0 Å². The first-order valence-electron chi connectivity index (χ1n) is 13.1. The van der Waals surface area contributed by atoms with Gasteiger partial charge >= 0.3 is 12.1 Å². The molecule has 1 saturated carbocycles. The fourth-order valence-corrected chi connectivity index (χ4v) is 5.53. The van der Waals surface area contributed by atoms with Crippen molar-refractivity contribution in [3.8, 4) is 5.75 Å². The average Bonchev–Trinajstić information content (AvgIpc) is 3.31. The second-order valence-electron chi connectivity index (χ2n) is 10.3. The lowest BCUT2D eigenvalue weighted by Crippen LogP contribution is -2.33. The summed E-state index contributed by atoms with van der Waals surface area (Å²) in [5, 5.41) is 9.73. The maximum Gasteiger partial charge on any atom is 0.416 e. The Balaban J connectivity index is 1.21. The van der Waals surface area contributed by atoms with E-state index < -0.39 is 23.6 Å². The molecule has 3 atom stereocenters. The number of nitrogens with zero attached hydrogens (tertiary/aromatic N) is 1. The predicted octanol–water partition coefficient (Wildman–Crippen LogP) is 6.00. The van der Waals surface area contributed by atoms with Gasteiger partial charge in [0.1, 0.15) is 5.75 Å². The smallest absolute Gasteiger partial charge is 0.416 e. The Kier molecular flexibility index (Phi) is 8.77. The Morgan fingerprint density at radius 1 is 0.946 bits per heavy atom. The highest BCUT2D eigenvalue weighted by Crippen LogP contribution is 2.36. The summed E-state index contributed by atoms with van der Waals surface area (Å²) in [6.45, 7) is 1.94. The topological polar surface area (TPSA) is 66.8 Å². The number of rotatable bonds is 10. The van der Waals surface area contributed by atoms with Crippen molar-refractivity contribution in [3.05, 3.63) is 65.2 Å². The summed E-state index contributed by atoms with van der Waals surface area (Å²) < 4.78 is 43.7. The van der Waals surface area contributed by atoms with Crippen LogP contribution in [0.15, 0.2) is 48.5 Å². The van der Waals surface area contributed by atoms with Crippen LogP contribution in [0, 0.1) is 17.8 Å². The Morgan fingerprint density at radius 3 is 2.11 bits per heavy atom. The number of benzene rings is 2. The molecule has 200 valence electrons. The molecule has 0 aromatic heterocycles. The van der Waals surface area contributed by atoms with Crippen molar-refractivity contribution in [3.63, 3.8) is 0 Å². The summed E-state index contributed by atoms with van der Waals surface area (Å²) in [5.41, 5.74) is 0.983. The lowest BCUT2D eigenvalue weighted by molar-refractivity contribution is -0.145. The van der Waals surface area contributed by atoms with Gasteiger partial charge in [-0.15, -0.1) is 0 Å². The minimum absolute atomic E-state index is 0.0109. The van der Waals surface area contributed by atoms with Gasteiger partial charge in [0, 0.05) is 19.5 Å². The van der Waals surface area contributed by atoms with E-state index >= 15 is 0 Å². The van der Waals surface area contributed by atoms with E-state index in [4.69, 9.17) is 4.74 Å². The highest BCUT2D eigenvalue weighted by atomic mass is 19.4. The summed E-state index contributed by atoms with van der Waals surface area (Å²) in [7, 11) is 0. The second-order valence-corrected chi connectivity index (χ2v) is 10.3. The molecule has 0 spiro atoms. The van der Waals surface area contributed by atoms with Crippen LogP contribution >= 0.6 is 0 Å². The molecule has 1 unspecified atom stereocenters. The molecule has 0 bridgehead atoms. The van der Waals surface area contributed by atoms with Crippen molar-refractivity contribution >= 4 is 11.9 Å². The first-order valence-corrected chi connectivity index (χ1v) is 13.1. The Labute approximate surface area is 215 Å². The molecule has 1 N–H and O–H groups in total. The number of carbonyl (C=O) groups is 2. The van der Waals surface area contributed by atoms with E-state index in [-0.39, 0.29) is 18.7 Å². The van der Waals surface area contributed by atoms with Crippen LogP contribution in [0.5, 0.6) is 5.75 Å². The van der Waals surface area contributed by atoms with Gasteiger partial charge in [-0.2, -0.15) is 13.2 Å². The van der Waals surface area contributed by atoms with Crippen molar-refractivity contribution in [2.45, 2.75) is 57.5 Å². The number of carbonyl (C=O) groups excluding carboxylic acids is 1. The van der Waals surface area contributed by atoms with Crippen LogP contribution in [0.3, 0.4) is 0 Å². The zero-order chi connectivity index (χ0) is 26.4. The van der Waals surface area contributed by atoms with Crippen LogP contribution < -0.4 is 4.74 Å². The normalized spacial score (nSPS) is 20.4. The van der Waals surface area contributed by atoms with E-state index in [1.54, 1.807) is 12.1 Å². The molecule has 1 aliphatic heterocycles. The molecule has 0 radical (unpaired) electrons. The number of carboxylic acids is 1. The summed E-state index contributed by atoms with van der Waals surface area (Å²) in [6, 6.07) is 12.3. The molecule has 1 amide bonds. The van der Waals surface area contributed by atoms with Gasteiger partial charge in [-0.25, -0.2) is 0 Å². The molecule has 1 saturated heterocycles. The maximum absolute atomic E-state index is 12.9. The average molecular weight is 518 g/mol. The van der Waals surface area contributed by atoms with E-state index in [0.717, 1.165) is 36.3 Å². The number of carboxylic acid groups (broad SMARTS) is 1. The zero-order valence-electron chi connectivity index (χ0n) is 20.9. The second kappa shape index (κ2) is 12.0. The van der Waals surface area contributed by atoms with Crippen LogP contribution in [-0.4, -0.2) is 41.6 Å². The van der Waals surface area contributed by atoms with Gasteiger partial charge in [-0.3, -0.25) is 9.59 Å². The number of ether oxygens (including phenoxy) is 1. The first kappa shape index (κ1) is 27.0. The van der Waals surface area contributed by atoms with Gasteiger partial charge in [-0.05, 0) is 79.3 Å². The number of halogens is 3. The minimum atomic E-state index is -4.33. The van der Waals surface area contributed by atoms with Crippen molar-refractivity contribution in [1.29, 1.82) is 0 Å². The zero-order valence-corrected chi connectivity index (χ0v) is 20.9. The molecule has 8 heteroatoms. The fraction of sp³-hybridized carbons (Fsp3) is 0.517. The number of likely N-dealkylation sites (tertiary alicyclic amines) is 1. The highest BCUT2D eigenvalue weighted by molar-refractivity contribution is 5.82. The molecule has 1 heterocycles. The maximum atomic E-state index is 12.9. The first-order chi connectivity index (χ1) is 17.7. The molecule has 4 rings (SSSR count). The molecule has 5 nitrogen and oxygen atoms in total. The number of aryl methyl sites for hydroxylation is 1. The standard InChI is InChI=1S/C29H34F3NO4/c30-29(31,32)25-11-7-20(8-12-25)4-3-15-37-26-13-9-21(10-14-26)16-24(28(35)36)17-27(34)33-18-22-5-1-2-6-23(22)19-33/h7-14,22-24H,1-6,15-19H2,(H,35,36)/t22-,23+,24?. The molecule has 2 fully saturated rings. The highest BCUT2D eigenvalue weighted by Gasteiger charge is 2.37. The number of fused-ring (bicyclic) bond motifs is 1. The van der Waals surface area contributed by atoms with Gasteiger partial charge in [0.15, 0.2) is 0 Å². The third-order valence-electron chi connectivity index (χ3n) is 7.66. The quantitative estimate of drug-likeness (QED) is 0.393. The Hall–Kier alpha value is -3.03. The number of hydrogen-bond acceptors (Lipinski definition) is 3. The van der Waals surface area contributed by atoms with Crippen molar-refractivity contribution in [2.24, 2.45) is 17.8 Å². The van der Waals surface area contributed by atoms with Gasteiger partial charge in [0.2, 0.25) is 5.91 Å². The fourth-order valence-electron chi connectivity index (χ4n) is 5.53. The molecule has 37 heavy (non-hydrogen) atoms. The largest absolute Gasteiger partial charge is 0.494 e. The van der Waals surface area contributed by atoms with E-state index in [1.807, 2.05) is 17.0 Å². The lowest BCUT2D eigenvalue weighted by Gasteiger charge is -2.22. The SMILES string of the molecule is O=C(O)C(CC(=O)N1C[C@H]2CCCC[C@H]2C1)Cc1ccc(OCCCc2ccc(C(F)(F)F)cc2)cc1. The summed E-state index contributed by atoms with van der Waals surface area (Å²) in [5.74, 6) is -0.0142. The molecule has 1 aliphatic carbocycles. The van der Waals surface area contributed by atoms with Gasteiger partial charge in [0.25, 0.3) is 0 Å². The number of aliphatic carboxylic acids is 1. The van der Waals surface area contributed by atoms with Gasteiger partial charge in [-0.1, -0.05) is 37.1 Å². The molecule has 2 aliphatic rings. The van der Waals surface area contributed by atoms with Gasteiger partial charge < -0.3 is 14.7 Å². The van der Waals surface area contributed by atoms with E-state index in [1.165, 1.54) is 37.8 Å². The molecule has 2 aromatic rings. The minimum Gasteiger partial charge on any atom is -0.494 e. The third kappa shape index (κ3) is 7.49. The van der Waals surface area contributed by atoms with E-state index in [9.17, 15) is 27.9 Å². The van der Waals surface area contributed by atoms with Crippen LogP contribution in [0.25, 0.3) is 0 Å². The Morgan fingerprint density at radius 2 is 1.54 bits per heavy atom. The number of amides is 1. The van der Waals surface area contributed by atoms with Crippen molar-refractivity contribution in [1.82, 2.24) is 4.90 Å². The van der Waals surface area contributed by atoms with E-state index in [2.05, 4.69) is 0 Å². The van der Waals surface area contributed by atoms with E-state index in [0.29, 0.717) is 37.0 Å². The molecule has 2 aromatic carbocycles. The monoisotopic (exact) mass is 517 g/mol. The number of alkyl halides is 3. The van der Waals surface area contributed by atoms with Gasteiger partial charge in [0.05, 0.1) is 18.1 Å². The molecular formula is C29H34F3NO4. The summed E-state index contributed by atoms with van der Waals surface area (Å²) in [6.07, 6.45) is 1.98. The van der Waals surface area contributed by atoms with Crippen molar-refractivity contribution in [2.75, 3.05) is 19.7 Å². The summed E-state index contributed by atoms with van der Waals surface area (Å²) >= 11 is 0. The van der Waals surface area contributed by atoms with Crippen LogP contribution in [-0.2, 0) is 28.6 Å².